The van der Waals surface area contributed by atoms with E-state index in [9.17, 15) is 0 Å². The lowest BCUT2D eigenvalue weighted by Gasteiger charge is -1.97. The lowest BCUT2D eigenvalue weighted by atomic mass is 10.1. The number of rotatable bonds is 2. The van der Waals surface area contributed by atoms with Gasteiger partial charge in [0.2, 0.25) is 0 Å². The van der Waals surface area contributed by atoms with Gasteiger partial charge >= 0.3 is 0 Å². The fourth-order valence-electron chi connectivity index (χ4n) is 1.34. The van der Waals surface area contributed by atoms with E-state index in [4.69, 9.17) is 17.0 Å². The molecule has 0 bridgehead atoms. The fourth-order valence-corrected chi connectivity index (χ4v) is 2.59. The molecule has 0 spiro atoms. The Morgan fingerprint density at radius 3 is 2.93 bits per heavy atom. The van der Waals surface area contributed by atoms with Gasteiger partial charge in [-0.3, -0.25) is 0 Å². The number of fused-ring (bicyclic) bond motifs is 1. The molecule has 1 aromatic carbocycles. The van der Waals surface area contributed by atoms with Gasteiger partial charge in [0.1, 0.15) is 0 Å². The van der Waals surface area contributed by atoms with Crippen LogP contribution >= 0.6 is 22.9 Å². The molecule has 0 amide bonds. The topological polar surface area (TPSA) is 23.9 Å². The van der Waals surface area contributed by atoms with Crippen molar-refractivity contribution in [1.29, 1.82) is 5.41 Å². The van der Waals surface area contributed by atoms with E-state index >= 15 is 0 Å². The van der Waals surface area contributed by atoms with Crippen LogP contribution in [0.2, 0.25) is 5.02 Å². The zero-order valence-corrected chi connectivity index (χ0v) is 9.32. The average Bonchev–Trinajstić information content (AvgIpc) is 2.59. The zero-order valence-electron chi connectivity index (χ0n) is 7.75. The van der Waals surface area contributed by atoms with Gasteiger partial charge in [-0.2, -0.15) is 0 Å². The maximum atomic E-state index is 7.22. The van der Waals surface area contributed by atoms with Crippen LogP contribution in [-0.4, -0.2) is 6.21 Å². The second-order valence-corrected chi connectivity index (χ2v) is 4.84. The van der Waals surface area contributed by atoms with Crippen LogP contribution in [0.4, 0.5) is 0 Å². The summed E-state index contributed by atoms with van der Waals surface area (Å²) in [6.45, 7) is 2.03. The standard InChI is InChI=1S/C11H10ClNS/c1-7(6-13)11-5-8-4-9(12)2-3-10(8)14-11/h2-7,13H,1H3. The average molecular weight is 224 g/mol. The molecule has 0 fully saturated rings. The van der Waals surface area contributed by atoms with Gasteiger partial charge in [-0.15, -0.1) is 11.3 Å². The third-order valence-corrected chi connectivity index (χ3v) is 3.75. The second kappa shape index (κ2) is 3.71. The molecule has 1 unspecified atom stereocenters. The summed E-state index contributed by atoms with van der Waals surface area (Å²) in [6, 6.07) is 8.01. The van der Waals surface area contributed by atoms with E-state index in [1.807, 2.05) is 25.1 Å². The molecule has 0 aliphatic carbocycles. The van der Waals surface area contributed by atoms with Crippen LogP contribution in [0.25, 0.3) is 10.1 Å². The summed E-state index contributed by atoms with van der Waals surface area (Å²) in [5, 5.41) is 9.16. The predicted octanol–water partition coefficient (Wildman–Crippen LogP) is 4.31. The first-order chi connectivity index (χ1) is 6.70. The number of hydrogen-bond acceptors (Lipinski definition) is 2. The minimum atomic E-state index is 0.200. The van der Waals surface area contributed by atoms with Crippen LogP contribution in [-0.2, 0) is 0 Å². The summed E-state index contributed by atoms with van der Waals surface area (Å²) >= 11 is 7.63. The predicted molar refractivity (Wildman–Crippen MR) is 64.0 cm³/mol. The lowest BCUT2D eigenvalue weighted by molar-refractivity contribution is 1.07. The molecule has 1 nitrogen and oxygen atoms in total. The molecule has 0 saturated heterocycles. The van der Waals surface area contributed by atoms with E-state index in [-0.39, 0.29) is 5.92 Å². The lowest BCUT2D eigenvalue weighted by Crippen LogP contribution is -1.87. The monoisotopic (exact) mass is 223 g/mol. The van der Waals surface area contributed by atoms with E-state index in [1.165, 1.54) is 21.2 Å². The minimum Gasteiger partial charge on any atom is -0.312 e. The number of hydrogen-bond donors (Lipinski definition) is 1. The molecule has 1 aromatic heterocycles. The van der Waals surface area contributed by atoms with Crippen molar-refractivity contribution >= 4 is 39.2 Å². The minimum absolute atomic E-state index is 0.200. The highest BCUT2D eigenvalue weighted by molar-refractivity contribution is 7.19. The third-order valence-electron chi connectivity index (χ3n) is 2.20. The molecule has 3 heteroatoms. The molecular weight excluding hydrogens is 214 g/mol. The van der Waals surface area contributed by atoms with Crippen LogP contribution in [0.5, 0.6) is 0 Å². The Morgan fingerprint density at radius 1 is 1.43 bits per heavy atom. The summed E-state index contributed by atoms with van der Waals surface area (Å²) < 4.78 is 1.23. The molecule has 0 aliphatic rings. The smallest absolute Gasteiger partial charge is 0.0412 e. The number of nitrogens with one attached hydrogen (secondary N) is 1. The number of benzene rings is 1. The van der Waals surface area contributed by atoms with E-state index < -0.39 is 0 Å². The second-order valence-electron chi connectivity index (χ2n) is 3.29. The highest BCUT2D eigenvalue weighted by Crippen LogP contribution is 2.31. The van der Waals surface area contributed by atoms with Crippen molar-refractivity contribution in [2.24, 2.45) is 0 Å². The molecule has 2 rings (SSSR count). The highest BCUT2D eigenvalue weighted by atomic mass is 35.5. The molecule has 2 aromatic rings. The maximum absolute atomic E-state index is 7.22. The highest BCUT2D eigenvalue weighted by Gasteiger charge is 2.07. The Morgan fingerprint density at radius 2 is 2.21 bits per heavy atom. The SMILES string of the molecule is CC(C=N)c1cc2cc(Cl)ccc2s1. The summed E-state index contributed by atoms with van der Waals surface area (Å²) in [6.07, 6.45) is 1.46. The number of halogens is 1. The van der Waals surface area contributed by atoms with Crippen molar-refractivity contribution in [3.05, 3.63) is 34.2 Å². The Balaban J connectivity index is 2.56. The fraction of sp³-hybridized carbons (Fsp3) is 0.182. The van der Waals surface area contributed by atoms with Crippen molar-refractivity contribution < 1.29 is 0 Å². The van der Waals surface area contributed by atoms with Crippen LogP contribution in [0.1, 0.15) is 17.7 Å². The van der Waals surface area contributed by atoms with Crippen LogP contribution in [0.15, 0.2) is 24.3 Å². The molecule has 0 aliphatic heterocycles. The van der Waals surface area contributed by atoms with Crippen molar-refractivity contribution in [3.63, 3.8) is 0 Å². The summed E-state index contributed by atoms with van der Waals surface area (Å²) in [7, 11) is 0. The molecule has 1 N–H and O–H groups in total. The van der Waals surface area contributed by atoms with Gasteiger partial charge in [0.05, 0.1) is 0 Å². The van der Waals surface area contributed by atoms with Crippen molar-refractivity contribution in [2.45, 2.75) is 12.8 Å². The zero-order chi connectivity index (χ0) is 10.1. The summed E-state index contributed by atoms with van der Waals surface area (Å²) in [5.41, 5.74) is 0. The van der Waals surface area contributed by atoms with Gasteiger partial charge in [-0.1, -0.05) is 18.5 Å². The Hall–Kier alpha value is -0.860. The van der Waals surface area contributed by atoms with Crippen molar-refractivity contribution in [2.75, 3.05) is 0 Å². The van der Waals surface area contributed by atoms with Gasteiger partial charge in [0, 0.05) is 26.7 Å². The van der Waals surface area contributed by atoms with E-state index in [0.29, 0.717) is 0 Å². The van der Waals surface area contributed by atoms with Crippen molar-refractivity contribution in [3.8, 4) is 0 Å². The van der Waals surface area contributed by atoms with Crippen molar-refractivity contribution in [1.82, 2.24) is 0 Å². The van der Waals surface area contributed by atoms with Crippen LogP contribution in [0, 0.1) is 5.41 Å². The van der Waals surface area contributed by atoms with Gasteiger partial charge in [-0.25, -0.2) is 0 Å². The molecule has 14 heavy (non-hydrogen) atoms. The molecule has 1 atom stereocenters. The molecule has 0 radical (unpaired) electrons. The van der Waals surface area contributed by atoms with Gasteiger partial charge in [0.15, 0.2) is 0 Å². The first-order valence-electron chi connectivity index (χ1n) is 4.40. The van der Waals surface area contributed by atoms with Crippen LogP contribution in [0.3, 0.4) is 0 Å². The van der Waals surface area contributed by atoms with E-state index in [2.05, 4.69) is 6.07 Å². The Labute approximate surface area is 91.8 Å². The summed E-state index contributed by atoms with van der Waals surface area (Å²) in [4.78, 5) is 1.22. The normalized spacial score (nSPS) is 13.0. The van der Waals surface area contributed by atoms with E-state index in [0.717, 1.165) is 5.02 Å². The first-order valence-corrected chi connectivity index (χ1v) is 5.60. The maximum Gasteiger partial charge on any atom is 0.0412 e. The van der Waals surface area contributed by atoms with Gasteiger partial charge in [-0.05, 0) is 29.7 Å². The van der Waals surface area contributed by atoms with E-state index in [1.54, 1.807) is 11.3 Å². The largest absolute Gasteiger partial charge is 0.312 e. The molecule has 0 saturated carbocycles. The molecule has 1 heterocycles. The quantitative estimate of drug-likeness (QED) is 0.734. The molecule has 72 valence electrons. The Bertz CT molecular complexity index is 475. The molecular formula is C11H10ClNS. The first kappa shape index (κ1) is 9.69. The van der Waals surface area contributed by atoms with Gasteiger partial charge in [0.25, 0.3) is 0 Å². The Kier molecular flexibility index (Phi) is 2.57. The third kappa shape index (κ3) is 1.68. The van der Waals surface area contributed by atoms with Gasteiger partial charge < -0.3 is 5.41 Å². The number of thiophene rings is 1. The summed E-state index contributed by atoms with van der Waals surface area (Å²) in [5.74, 6) is 0.200. The van der Waals surface area contributed by atoms with Crippen LogP contribution < -0.4 is 0 Å².